The predicted octanol–water partition coefficient (Wildman–Crippen LogP) is 5.35. The number of nitrogens with zero attached hydrogens (tertiary/aromatic N) is 2. The van der Waals surface area contributed by atoms with Crippen LogP contribution < -0.4 is 4.74 Å². The lowest BCUT2D eigenvalue weighted by atomic mass is 10.1. The first-order chi connectivity index (χ1) is 19.6. The highest BCUT2D eigenvalue weighted by Crippen LogP contribution is 2.27. The first kappa shape index (κ1) is 27.5. The van der Waals surface area contributed by atoms with E-state index in [2.05, 4.69) is 17.1 Å². The summed E-state index contributed by atoms with van der Waals surface area (Å²) in [7, 11) is 0. The summed E-state index contributed by atoms with van der Waals surface area (Å²) in [5, 5.41) is 1.17. The molecule has 0 radical (unpaired) electrons. The minimum Gasteiger partial charge on any atom is -0.494 e. The number of benzene rings is 3. The molecule has 1 aliphatic rings. The van der Waals surface area contributed by atoms with Crippen LogP contribution in [0.4, 0.5) is 0 Å². The summed E-state index contributed by atoms with van der Waals surface area (Å²) in [5.74, 6) is 0.616. The van der Waals surface area contributed by atoms with E-state index in [1.807, 2.05) is 84.8 Å². The Kier molecular flexibility index (Phi) is 9.14. The van der Waals surface area contributed by atoms with E-state index >= 15 is 0 Å². The topological polar surface area (TPSA) is 74.9 Å². The SMILES string of the molecule is CCOc1ccc(CN(CCc2c[nH]c3ccccc23)C(=O)CN(C(=O)COCc2ccccc2)C2CC2)cc1. The Morgan fingerprint density at radius 1 is 0.900 bits per heavy atom. The Labute approximate surface area is 235 Å². The van der Waals surface area contributed by atoms with Crippen molar-refractivity contribution < 1.29 is 19.1 Å². The number of carbonyl (C=O) groups excluding carboxylic acids is 2. The quantitative estimate of drug-likeness (QED) is 0.235. The van der Waals surface area contributed by atoms with Crippen LogP contribution >= 0.6 is 0 Å². The number of hydrogen-bond acceptors (Lipinski definition) is 4. The van der Waals surface area contributed by atoms with Gasteiger partial charge < -0.3 is 24.3 Å². The molecule has 0 spiro atoms. The molecule has 3 aromatic carbocycles. The third kappa shape index (κ3) is 7.30. The van der Waals surface area contributed by atoms with E-state index in [1.165, 1.54) is 10.9 Å². The van der Waals surface area contributed by atoms with Gasteiger partial charge in [0.1, 0.15) is 18.9 Å². The molecule has 0 saturated heterocycles. The van der Waals surface area contributed by atoms with Gasteiger partial charge in [-0.3, -0.25) is 9.59 Å². The van der Waals surface area contributed by atoms with Crippen molar-refractivity contribution in [1.29, 1.82) is 0 Å². The number of para-hydroxylation sites is 1. The molecule has 7 nitrogen and oxygen atoms in total. The number of hydrogen-bond donors (Lipinski definition) is 1. The zero-order valence-electron chi connectivity index (χ0n) is 23.1. The fourth-order valence-electron chi connectivity index (χ4n) is 4.93. The van der Waals surface area contributed by atoms with Gasteiger partial charge in [0.15, 0.2) is 0 Å². The summed E-state index contributed by atoms with van der Waals surface area (Å²) in [5.41, 5.74) is 4.29. The molecule has 40 heavy (non-hydrogen) atoms. The lowest BCUT2D eigenvalue weighted by Crippen LogP contribution is -2.45. The number of amides is 2. The maximum absolute atomic E-state index is 13.7. The number of fused-ring (bicyclic) bond motifs is 1. The van der Waals surface area contributed by atoms with E-state index in [0.717, 1.165) is 35.2 Å². The van der Waals surface area contributed by atoms with Gasteiger partial charge in [0.05, 0.1) is 13.2 Å². The number of aromatic amines is 1. The number of rotatable bonds is 14. The van der Waals surface area contributed by atoms with E-state index in [9.17, 15) is 9.59 Å². The largest absolute Gasteiger partial charge is 0.494 e. The normalized spacial score (nSPS) is 12.8. The third-order valence-electron chi connectivity index (χ3n) is 7.24. The third-order valence-corrected chi connectivity index (χ3v) is 7.24. The van der Waals surface area contributed by atoms with Crippen molar-refractivity contribution >= 4 is 22.7 Å². The van der Waals surface area contributed by atoms with E-state index in [1.54, 1.807) is 4.90 Å². The van der Waals surface area contributed by atoms with E-state index in [-0.39, 0.29) is 31.0 Å². The van der Waals surface area contributed by atoms with Crippen LogP contribution in [0.25, 0.3) is 10.9 Å². The zero-order valence-corrected chi connectivity index (χ0v) is 23.1. The Morgan fingerprint density at radius 2 is 1.65 bits per heavy atom. The van der Waals surface area contributed by atoms with Crippen molar-refractivity contribution in [2.24, 2.45) is 0 Å². The molecule has 1 aromatic heterocycles. The highest BCUT2D eigenvalue weighted by Gasteiger charge is 2.34. The molecule has 0 bridgehead atoms. The van der Waals surface area contributed by atoms with Gasteiger partial charge >= 0.3 is 0 Å². The summed E-state index contributed by atoms with van der Waals surface area (Å²) in [4.78, 5) is 33.8. The Morgan fingerprint density at radius 3 is 2.40 bits per heavy atom. The van der Waals surface area contributed by atoms with Gasteiger partial charge in [-0.25, -0.2) is 0 Å². The lowest BCUT2D eigenvalue weighted by Gasteiger charge is -2.28. The van der Waals surface area contributed by atoms with Crippen molar-refractivity contribution in [3.8, 4) is 5.75 Å². The van der Waals surface area contributed by atoms with Crippen LogP contribution in [0.15, 0.2) is 85.1 Å². The number of H-pyrrole nitrogens is 1. The molecule has 1 N–H and O–H groups in total. The van der Waals surface area contributed by atoms with Gasteiger partial charge in [-0.05, 0) is 61.1 Å². The molecule has 0 atom stereocenters. The second-order valence-electron chi connectivity index (χ2n) is 10.2. The second-order valence-corrected chi connectivity index (χ2v) is 10.2. The Bertz CT molecular complexity index is 1400. The van der Waals surface area contributed by atoms with Gasteiger partial charge in [-0.1, -0.05) is 60.7 Å². The minimum atomic E-state index is -0.135. The highest BCUT2D eigenvalue weighted by atomic mass is 16.5. The van der Waals surface area contributed by atoms with Crippen molar-refractivity contribution in [1.82, 2.24) is 14.8 Å². The van der Waals surface area contributed by atoms with Gasteiger partial charge in [0.2, 0.25) is 11.8 Å². The highest BCUT2D eigenvalue weighted by molar-refractivity contribution is 5.86. The average molecular weight is 540 g/mol. The maximum Gasteiger partial charge on any atom is 0.249 e. The number of nitrogens with one attached hydrogen (secondary N) is 1. The molecule has 4 aromatic rings. The fourth-order valence-corrected chi connectivity index (χ4v) is 4.93. The molecule has 2 amide bonds. The summed E-state index contributed by atoms with van der Waals surface area (Å²) < 4.78 is 11.3. The van der Waals surface area contributed by atoms with Crippen LogP contribution in [0.1, 0.15) is 36.5 Å². The molecule has 0 unspecified atom stereocenters. The van der Waals surface area contributed by atoms with Crippen LogP contribution in [-0.2, 0) is 33.9 Å². The smallest absolute Gasteiger partial charge is 0.249 e. The molecule has 1 heterocycles. The molecule has 1 aliphatic carbocycles. The summed E-state index contributed by atoms with van der Waals surface area (Å²) in [6.07, 6.45) is 4.58. The van der Waals surface area contributed by atoms with E-state index in [0.29, 0.717) is 32.7 Å². The monoisotopic (exact) mass is 539 g/mol. The number of carbonyl (C=O) groups is 2. The van der Waals surface area contributed by atoms with Crippen molar-refractivity contribution in [3.63, 3.8) is 0 Å². The molecule has 208 valence electrons. The van der Waals surface area contributed by atoms with Gasteiger partial charge in [0.25, 0.3) is 0 Å². The zero-order chi connectivity index (χ0) is 27.7. The van der Waals surface area contributed by atoms with Crippen LogP contribution in [0, 0.1) is 0 Å². The standard InChI is InChI=1S/C33H37N3O4/c1-2-40-29-16-12-25(13-17-29)21-35(19-18-27-20-34-31-11-7-6-10-30(27)31)32(37)22-36(28-14-15-28)33(38)24-39-23-26-8-4-3-5-9-26/h3-13,16-17,20,28,34H,2,14-15,18-19,21-24H2,1H3. The fraction of sp³-hybridized carbons (Fsp3) is 0.333. The number of aromatic nitrogens is 1. The maximum atomic E-state index is 13.7. The summed E-state index contributed by atoms with van der Waals surface area (Å²) in [6.45, 7) is 3.97. The molecule has 7 heteroatoms. The molecular formula is C33H37N3O4. The van der Waals surface area contributed by atoms with Crippen molar-refractivity contribution in [3.05, 3.63) is 102 Å². The second kappa shape index (κ2) is 13.3. The lowest BCUT2D eigenvalue weighted by molar-refractivity contribution is -0.144. The van der Waals surface area contributed by atoms with Crippen LogP contribution in [0.2, 0.25) is 0 Å². The van der Waals surface area contributed by atoms with Crippen LogP contribution in [0.3, 0.4) is 0 Å². The van der Waals surface area contributed by atoms with Crippen LogP contribution in [-0.4, -0.2) is 58.9 Å². The van der Waals surface area contributed by atoms with Crippen molar-refractivity contribution in [2.45, 2.75) is 45.4 Å². The molecular weight excluding hydrogens is 502 g/mol. The first-order valence-corrected chi connectivity index (χ1v) is 14.1. The Hall–Kier alpha value is -4.10. The molecule has 0 aliphatic heterocycles. The first-order valence-electron chi connectivity index (χ1n) is 14.1. The van der Waals surface area contributed by atoms with E-state index in [4.69, 9.17) is 9.47 Å². The summed E-state index contributed by atoms with van der Waals surface area (Å²) >= 11 is 0. The van der Waals surface area contributed by atoms with Crippen LogP contribution in [0.5, 0.6) is 5.75 Å². The number of ether oxygens (including phenoxy) is 2. The van der Waals surface area contributed by atoms with Crippen molar-refractivity contribution in [2.75, 3.05) is 26.3 Å². The molecule has 1 saturated carbocycles. The van der Waals surface area contributed by atoms with Gasteiger partial charge in [0, 0.05) is 36.2 Å². The minimum absolute atomic E-state index is 0.0348. The summed E-state index contributed by atoms with van der Waals surface area (Å²) in [6, 6.07) is 26.0. The molecule has 1 fully saturated rings. The predicted molar refractivity (Wildman–Crippen MR) is 156 cm³/mol. The van der Waals surface area contributed by atoms with Gasteiger partial charge in [-0.15, -0.1) is 0 Å². The average Bonchev–Trinajstić information content (AvgIpc) is 3.74. The van der Waals surface area contributed by atoms with Gasteiger partial charge in [-0.2, -0.15) is 0 Å². The van der Waals surface area contributed by atoms with E-state index < -0.39 is 0 Å². The Balaban J connectivity index is 1.26. The molecule has 5 rings (SSSR count).